The predicted octanol–water partition coefficient (Wildman–Crippen LogP) is 3.16. The van der Waals surface area contributed by atoms with Crippen LogP contribution in [0.4, 0.5) is 0 Å². The fourth-order valence-corrected chi connectivity index (χ4v) is 3.09. The largest absolute Gasteiger partial charge is 0.497 e. The zero-order valence-corrected chi connectivity index (χ0v) is 18.0. The average Bonchev–Trinajstić information content (AvgIpc) is 2.72. The molecule has 6 nitrogen and oxygen atoms in total. The van der Waals surface area contributed by atoms with E-state index in [9.17, 15) is 9.59 Å². The van der Waals surface area contributed by atoms with Crippen LogP contribution in [0.25, 0.3) is 0 Å². The van der Waals surface area contributed by atoms with E-state index in [1.165, 1.54) is 4.90 Å². The number of nitrogens with one attached hydrogen (secondary N) is 1. The molecule has 29 heavy (non-hydrogen) atoms. The molecule has 6 heteroatoms. The minimum Gasteiger partial charge on any atom is -0.497 e. The molecule has 0 aromatic heterocycles. The summed E-state index contributed by atoms with van der Waals surface area (Å²) in [6.45, 7) is 7.85. The first kappa shape index (κ1) is 22.3. The van der Waals surface area contributed by atoms with Gasteiger partial charge < -0.3 is 19.7 Å². The molecule has 1 unspecified atom stereocenters. The van der Waals surface area contributed by atoms with Crippen LogP contribution in [0.5, 0.6) is 11.5 Å². The van der Waals surface area contributed by atoms with Crippen molar-refractivity contribution in [3.63, 3.8) is 0 Å². The van der Waals surface area contributed by atoms with Gasteiger partial charge in [0.05, 0.1) is 7.11 Å². The van der Waals surface area contributed by atoms with Gasteiger partial charge in [-0.05, 0) is 68.1 Å². The standard InChI is InChI=1S/C23H30N2O4/c1-15-11-16(2)17(3)21(12-15)29-14-22(26)25(18(4)23(27)24-5)13-19-7-9-20(28-6)10-8-19/h7-12,18H,13-14H2,1-6H3,(H,24,27). The van der Waals surface area contributed by atoms with E-state index in [1.807, 2.05) is 51.1 Å². The third-order valence-corrected chi connectivity index (χ3v) is 5.04. The van der Waals surface area contributed by atoms with E-state index in [0.29, 0.717) is 12.3 Å². The molecule has 156 valence electrons. The van der Waals surface area contributed by atoms with Crippen LogP contribution >= 0.6 is 0 Å². The Kier molecular flexibility index (Phi) is 7.65. The van der Waals surface area contributed by atoms with Crippen LogP contribution in [-0.2, 0) is 16.1 Å². The number of hydrogen-bond donors (Lipinski definition) is 1. The van der Waals surface area contributed by atoms with Crippen LogP contribution in [0.3, 0.4) is 0 Å². The highest BCUT2D eigenvalue weighted by atomic mass is 16.5. The van der Waals surface area contributed by atoms with Crippen molar-refractivity contribution in [2.75, 3.05) is 20.8 Å². The lowest BCUT2D eigenvalue weighted by Gasteiger charge is -2.28. The summed E-state index contributed by atoms with van der Waals surface area (Å²) < 4.78 is 11.0. The molecule has 2 aromatic carbocycles. The second kappa shape index (κ2) is 9.96. The quantitative estimate of drug-likeness (QED) is 0.742. The van der Waals surface area contributed by atoms with Crippen molar-refractivity contribution in [3.05, 3.63) is 58.7 Å². The summed E-state index contributed by atoms with van der Waals surface area (Å²) in [6, 6.07) is 10.8. The molecule has 0 saturated heterocycles. The highest BCUT2D eigenvalue weighted by Crippen LogP contribution is 2.23. The Balaban J connectivity index is 2.18. The summed E-state index contributed by atoms with van der Waals surface area (Å²) in [4.78, 5) is 26.7. The number of methoxy groups -OCH3 is 1. The van der Waals surface area contributed by atoms with Crippen molar-refractivity contribution in [1.82, 2.24) is 10.2 Å². The van der Waals surface area contributed by atoms with Crippen molar-refractivity contribution in [1.29, 1.82) is 0 Å². The van der Waals surface area contributed by atoms with E-state index in [-0.39, 0.29) is 18.4 Å². The summed E-state index contributed by atoms with van der Waals surface area (Å²) in [5.74, 6) is 0.942. The Morgan fingerprint density at radius 3 is 2.34 bits per heavy atom. The molecule has 0 aliphatic rings. The average molecular weight is 399 g/mol. The number of rotatable bonds is 8. The van der Waals surface area contributed by atoms with Crippen LogP contribution in [0, 0.1) is 20.8 Å². The van der Waals surface area contributed by atoms with Gasteiger partial charge in [-0.2, -0.15) is 0 Å². The lowest BCUT2D eigenvalue weighted by atomic mass is 10.1. The number of aryl methyl sites for hydroxylation is 2. The molecule has 2 rings (SSSR count). The molecular weight excluding hydrogens is 368 g/mol. The summed E-state index contributed by atoms with van der Waals surface area (Å²) in [7, 11) is 3.16. The highest BCUT2D eigenvalue weighted by Gasteiger charge is 2.26. The Labute approximate surface area is 172 Å². The number of nitrogens with zero attached hydrogens (tertiary/aromatic N) is 1. The van der Waals surface area contributed by atoms with Crippen molar-refractivity contribution in [2.45, 2.75) is 40.3 Å². The first-order chi connectivity index (χ1) is 13.8. The molecule has 0 heterocycles. The molecule has 0 bridgehead atoms. The van der Waals surface area contributed by atoms with Crippen molar-refractivity contribution < 1.29 is 19.1 Å². The molecular formula is C23H30N2O4. The van der Waals surface area contributed by atoms with Gasteiger partial charge in [0.1, 0.15) is 17.5 Å². The zero-order valence-electron chi connectivity index (χ0n) is 18.0. The van der Waals surface area contributed by atoms with Crippen molar-refractivity contribution >= 4 is 11.8 Å². The number of amides is 2. The van der Waals surface area contributed by atoms with Gasteiger partial charge in [-0.15, -0.1) is 0 Å². The van der Waals surface area contributed by atoms with E-state index in [4.69, 9.17) is 9.47 Å². The Morgan fingerprint density at radius 2 is 1.76 bits per heavy atom. The lowest BCUT2D eigenvalue weighted by Crippen LogP contribution is -2.48. The van der Waals surface area contributed by atoms with Gasteiger partial charge in [-0.1, -0.05) is 18.2 Å². The number of hydrogen-bond acceptors (Lipinski definition) is 4. The molecule has 0 saturated carbocycles. The lowest BCUT2D eigenvalue weighted by molar-refractivity contribution is -0.142. The minimum atomic E-state index is -0.626. The maximum atomic E-state index is 13.0. The molecule has 2 amide bonds. The third-order valence-electron chi connectivity index (χ3n) is 5.04. The molecule has 0 radical (unpaired) electrons. The van der Waals surface area contributed by atoms with Gasteiger partial charge in [-0.3, -0.25) is 9.59 Å². The SMILES string of the molecule is CNC(=O)C(C)N(Cc1ccc(OC)cc1)C(=O)COc1cc(C)cc(C)c1C. The first-order valence-electron chi connectivity index (χ1n) is 9.61. The third kappa shape index (κ3) is 5.73. The number of benzene rings is 2. The monoisotopic (exact) mass is 398 g/mol. The Bertz CT molecular complexity index is 862. The fourth-order valence-electron chi connectivity index (χ4n) is 3.09. The van der Waals surface area contributed by atoms with Gasteiger partial charge >= 0.3 is 0 Å². The smallest absolute Gasteiger partial charge is 0.261 e. The van der Waals surface area contributed by atoms with Crippen LogP contribution in [0.1, 0.15) is 29.2 Å². The number of likely N-dealkylation sites (N-methyl/N-ethyl adjacent to an activating group) is 1. The first-order valence-corrected chi connectivity index (χ1v) is 9.61. The second-order valence-electron chi connectivity index (χ2n) is 7.15. The van der Waals surface area contributed by atoms with Crippen LogP contribution in [-0.4, -0.2) is 43.5 Å². The van der Waals surface area contributed by atoms with Gasteiger partial charge in [0, 0.05) is 13.6 Å². The summed E-state index contributed by atoms with van der Waals surface area (Å²) in [6.07, 6.45) is 0. The molecule has 1 N–H and O–H groups in total. The van der Waals surface area contributed by atoms with E-state index in [2.05, 4.69) is 11.4 Å². The number of ether oxygens (including phenoxy) is 2. The Morgan fingerprint density at radius 1 is 1.10 bits per heavy atom. The van der Waals surface area contributed by atoms with Gasteiger partial charge in [0.25, 0.3) is 5.91 Å². The maximum absolute atomic E-state index is 13.0. The molecule has 1 atom stereocenters. The summed E-state index contributed by atoms with van der Waals surface area (Å²) in [5, 5.41) is 2.61. The maximum Gasteiger partial charge on any atom is 0.261 e. The summed E-state index contributed by atoms with van der Waals surface area (Å²) >= 11 is 0. The molecule has 0 aliphatic heterocycles. The Hall–Kier alpha value is -3.02. The van der Waals surface area contributed by atoms with Gasteiger partial charge in [0.2, 0.25) is 5.91 Å². The normalized spacial score (nSPS) is 11.5. The van der Waals surface area contributed by atoms with Crippen molar-refractivity contribution in [2.24, 2.45) is 0 Å². The van der Waals surface area contributed by atoms with E-state index < -0.39 is 6.04 Å². The van der Waals surface area contributed by atoms with Crippen molar-refractivity contribution in [3.8, 4) is 11.5 Å². The summed E-state index contributed by atoms with van der Waals surface area (Å²) in [5.41, 5.74) is 4.09. The predicted molar refractivity (Wildman–Crippen MR) is 113 cm³/mol. The van der Waals surface area contributed by atoms with Crippen LogP contribution in [0.2, 0.25) is 0 Å². The fraction of sp³-hybridized carbons (Fsp3) is 0.391. The van der Waals surface area contributed by atoms with Gasteiger partial charge in [-0.25, -0.2) is 0 Å². The topological polar surface area (TPSA) is 67.9 Å². The zero-order chi connectivity index (χ0) is 21.6. The highest BCUT2D eigenvalue weighted by molar-refractivity contribution is 5.87. The van der Waals surface area contributed by atoms with Gasteiger partial charge in [0.15, 0.2) is 6.61 Å². The van der Waals surface area contributed by atoms with Crippen LogP contribution < -0.4 is 14.8 Å². The van der Waals surface area contributed by atoms with E-state index >= 15 is 0 Å². The van der Waals surface area contributed by atoms with E-state index in [1.54, 1.807) is 21.1 Å². The second-order valence-corrected chi connectivity index (χ2v) is 7.15. The van der Waals surface area contributed by atoms with E-state index in [0.717, 1.165) is 28.0 Å². The number of carbonyl (C=O) groups excluding carboxylic acids is 2. The minimum absolute atomic E-state index is 0.138. The number of carbonyl (C=O) groups is 2. The molecule has 0 spiro atoms. The molecule has 0 fully saturated rings. The molecule has 0 aliphatic carbocycles. The molecule has 2 aromatic rings. The van der Waals surface area contributed by atoms with Crippen LogP contribution in [0.15, 0.2) is 36.4 Å².